The van der Waals surface area contributed by atoms with Gasteiger partial charge in [-0.2, -0.15) is 0 Å². The molecule has 0 saturated heterocycles. The van der Waals surface area contributed by atoms with Gasteiger partial charge >= 0.3 is 0 Å². The molecule has 1 aliphatic carbocycles. The second-order valence-electron chi connectivity index (χ2n) is 7.22. The number of benzene rings is 1. The van der Waals surface area contributed by atoms with Gasteiger partial charge in [-0.15, -0.1) is 0 Å². The second-order valence-corrected chi connectivity index (χ2v) is 7.22. The number of nitrogens with one attached hydrogen (secondary N) is 1. The quantitative estimate of drug-likeness (QED) is 0.838. The first-order valence-corrected chi connectivity index (χ1v) is 8.41. The van der Waals surface area contributed by atoms with Crippen molar-refractivity contribution in [3.05, 3.63) is 29.8 Å². The van der Waals surface area contributed by atoms with Crippen LogP contribution >= 0.6 is 0 Å². The molecule has 0 unspecified atom stereocenters. The van der Waals surface area contributed by atoms with E-state index in [1.54, 1.807) is 7.11 Å². The Bertz CT molecular complexity index is 433. The van der Waals surface area contributed by atoms with Gasteiger partial charge in [0.25, 0.3) is 0 Å². The molecule has 1 N–H and O–H groups in total. The lowest BCUT2D eigenvalue weighted by Gasteiger charge is -2.40. The molecule has 1 aliphatic rings. The highest BCUT2D eigenvalue weighted by Gasteiger charge is 2.35. The largest absolute Gasteiger partial charge is 0.497 e. The molecule has 0 radical (unpaired) electrons. The van der Waals surface area contributed by atoms with Gasteiger partial charge in [-0.05, 0) is 61.8 Å². The molecule has 0 aromatic heterocycles. The first-order valence-electron chi connectivity index (χ1n) is 8.41. The fourth-order valence-electron chi connectivity index (χ4n) is 3.44. The minimum atomic E-state index is 0.288. The van der Waals surface area contributed by atoms with Gasteiger partial charge in [-0.3, -0.25) is 0 Å². The van der Waals surface area contributed by atoms with E-state index in [2.05, 4.69) is 44.3 Å². The maximum atomic E-state index is 5.43. The van der Waals surface area contributed by atoms with Crippen LogP contribution in [0, 0.1) is 11.8 Å². The van der Waals surface area contributed by atoms with Crippen LogP contribution < -0.4 is 10.1 Å². The monoisotopic (exact) mass is 289 g/mol. The molecular weight excluding hydrogens is 258 g/mol. The molecule has 0 bridgehead atoms. The summed E-state index contributed by atoms with van der Waals surface area (Å²) in [4.78, 5) is 0. The van der Waals surface area contributed by atoms with Crippen LogP contribution in [-0.2, 0) is 5.41 Å². The third-order valence-electron chi connectivity index (χ3n) is 4.93. The average Bonchev–Trinajstić information content (AvgIpc) is 2.49. The predicted molar refractivity (Wildman–Crippen MR) is 90.0 cm³/mol. The van der Waals surface area contributed by atoms with Gasteiger partial charge in [-0.1, -0.05) is 32.9 Å². The molecule has 2 rings (SSSR count). The maximum absolute atomic E-state index is 5.43. The van der Waals surface area contributed by atoms with E-state index in [1.807, 2.05) is 6.07 Å². The van der Waals surface area contributed by atoms with Crippen molar-refractivity contribution in [1.82, 2.24) is 5.32 Å². The van der Waals surface area contributed by atoms with Crippen molar-refractivity contribution in [2.45, 2.75) is 51.9 Å². The lowest BCUT2D eigenvalue weighted by Crippen LogP contribution is -2.42. The van der Waals surface area contributed by atoms with Crippen LogP contribution in [0.2, 0.25) is 0 Å². The van der Waals surface area contributed by atoms with Gasteiger partial charge in [0.1, 0.15) is 5.75 Å². The molecule has 118 valence electrons. The van der Waals surface area contributed by atoms with Crippen LogP contribution in [0.15, 0.2) is 24.3 Å². The van der Waals surface area contributed by atoms with E-state index in [0.29, 0.717) is 5.92 Å². The van der Waals surface area contributed by atoms with E-state index < -0.39 is 0 Å². The molecule has 0 heterocycles. The van der Waals surface area contributed by atoms with Crippen LogP contribution in [0.5, 0.6) is 5.75 Å². The highest BCUT2D eigenvalue weighted by Crippen LogP contribution is 2.42. The van der Waals surface area contributed by atoms with E-state index in [1.165, 1.54) is 31.2 Å². The van der Waals surface area contributed by atoms with Gasteiger partial charge in [0.05, 0.1) is 7.11 Å². The Morgan fingerprint density at radius 2 is 2.00 bits per heavy atom. The van der Waals surface area contributed by atoms with Crippen molar-refractivity contribution in [2.75, 3.05) is 20.2 Å². The predicted octanol–water partition coefficient (Wildman–Crippen LogP) is 4.39. The second kappa shape index (κ2) is 7.31. The topological polar surface area (TPSA) is 21.3 Å². The van der Waals surface area contributed by atoms with Crippen molar-refractivity contribution >= 4 is 0 Å². The summed E-state index contributed by atoms with van der Waals surface area (Å²) in [7, 11) is 1.76. The number of methoxy groups -OCH3 is 1. The Morgan fingerprint density at radius 1 is 1.29 bits per heavy atom. The number of rotatable bonds is 6. The molecule has 2 nitrogen and oxygen atoms in total. The summed E-state index contributed by atoms with van der Waals surface area (Å²) in [6, 6.07) is 8.71. The molecule has 0 aliphatic heterocycles. The van der Waals surface area contributed by atoms with Crippen molar-refractivity contribution in [3.8, 4) is 5.75 Å². The zero-order chi connectivity index (χ0) is 15.3. The Balaban J connectivity index is 2.18. The molecular formula is C19H31NO. The van der Waals surface area contributed by atoms with Crippen LogP contribution in [0.1, 0.15) is 52.0 Å². The van der Waals surface area contributed by atoms with Crippen molar-refractivity contribution < 1.29 is 4.74 Å². The number of hydrogen-bond acceptors (Lipinski definition) is 2. The lowest BCUT2D eigenvalue weighted by molar-refractivity contribution is 0.231. The van der Waals surface area contributed by atoms with Gasteiger partial charge in [0.15, 0.2) is 0 Å². The fraction of sp³-hybridized carbons (Fsp3) is 0.684. The van der Waals surface area contributed by atoms with Crippen LogP contribution in [0.3, 0.4) is 0 Å². The summed E-state index contributed by atoms with van der Waals surface area (Å²) in [5, 5.41) is 3.71. The number of ether oxygens (including phenoxy) is 1. The molecule has 1 aromatic carbocycles. The molecule has 0 spiro atoms. The van der Waals surface area contributed by atoms with Crippen molar-refractivity contribution in [2.24, 2.45) is 11.8 Å². The Labute approximate surface area is 130 Å². The SMILES string of the molecule is COc1cccc(C2(CNCC(C)C)CCC(C)CC2)c1. The highest BCUT2D eigenvalue weighted by atomic mass is 16.5. The summed E-state index contributed by atoms with van der Waals surface area (Å²) in [5.41, 5.74) is 1.74. The van der Waals surface area contributed by atoms with Crippen LogP contribution in [-0.4, -0.2) is 20.2 Å². The zero-order valence-corrected chi connectivity index (χ0v) is 14.1. The third-order valence-corrected chi connectivity index (χ3v) is 4.93. The Hall–Kier alpha value is -1.02. The summed E-state index contributed by atoms with van der Waals surface area (Å²) >= 11 is 0. The normalized spacial score (nSPS) is 26.0. The van der Waals surface area contributed by atoms with E-state index in [9.17, 15) is 0 Å². The first kappa shape index (κ1) is 16.4. The molecule has 1 saturated carbocycles. The maximum Gasteiger partial charge on any atom is 0.119 e. The van der Waals surface area contributed by atoms with Gasteiger partial charge < -0.3 is 10.1 Å². The molecule has 2 heteroatoms. The Morgan fingerprint density at radius 3 is 2.62 bits per heavy atom. The average molecular weight is 289 g/mol. The summed E-state index contributed by atoms with van der Waals surface area (Å²) < 4.78 is 5.43. The standard InChI is InChI=1S/C19H31NO/c1-15(2)13-20-14-19(10-8-16(3)9-11-19)17-6-5-7-18(12-17)21-4/h5-7,12,15-16,20H,8-11,13-14H2,1-4H3. The van der Waals surface area contributed by atoms with E-state index in [-0.39, 0.29) is 5.41 Å². The van der Waals surface area contributed by atoms with Crippen molar-refractivity contribution in [3.63, 3.8) is 0 Å². The molecule has 1 fully saturated rings. The minimum Gasteiger partial charge on any atom is -0.497 e. The van der Waals surface area contributed by atoms with Gasteiger partial charge in [0.2, 0.25) is 0 Å². The van der Waals surface area contributed by atoms with Gasteiger partial charge in [-0.25, -0.2) is 0 Å². The zero-order valence-electron chi connectivity index (χ0n) is 14.1. The molecule has 0 amide bonds. The minimum absolute atomic E-state index is 0.288. The van der Waals surface area contributed by atoms with Crippen LogP contribution in [0.4, 0.5) is 0 Å². The highest BCUT2D eigenvalue weighted by molar-refractivity contribution is 5.34. The lowest BCUT2D eigenvalue weighted by atomic mass is 9.67. The third kappa shape index (κ3) is 4.23. The van der Waals surface area contributed by atoms with Crippen molar-refractivity contribution in [1.29, 1.82) is 0 Å². The van der Waals surface area contributed by atoms with E-state index in [4.69, 9.17) is 4.74 Å². The molecule has 1 aromatic rings. The summed E-state index contributed by atoms with van der Waals surface area (Å²) in [6.45, 7) is 9.12. The molecule has 21 heavy (non-hydrogen) atoms. The summed E-state index contributed by atoms with van der Waals surface area (Å²) in [6.07, 6.45) is 5.24. The first-order chi connectivity index (χ1) is 10.1. The number of hydrogen-bond donors (Lipinski definition) is 1. The Kier molecular flexibility index (Phi) is 5.69. The summed E-state index contributed by atoms with van der Waals surface area (Å²) in [5.74, 6) is 2.55. The van der Waals surface area contributed by atoms with E-state index >= 15 is 0 Å². The fourth-order valence-corrected chi connectivity index (χ4v) is 3.44. The van der Waals surface area contributed by atoms with Gasteiger partial charge in [0, 0.05) is 12.0 Å². The van der Waals surface area contributed by atoms with Crippen LogP contribution in [0.25, 0.3) is 0 Å². The van der Waals surface area contributed by atoms with E-state index in [0.717, 1.165) is 24.8 Å². The smallest absolute Gasteiger partial charge is 0.119 e. The molecule has 0 atom stereocenters.